The molecule has 0 aliphatic heterocycles. The fourth-order valence-electron chi connectivity index (χ4n) is 2.99. The smallest absolute Gasteiger partial charge is 0.326 e. The third kappa shape index (κ3) is 9.55. The lowest BCUT2D eigenvalue weighted by Crippen LogP contribution is -2.58. The van der Waals surface area contributed by atoms with Crippen molar-refractivity contribution >= 4 is 23.7 Å². The summed E-state index contributed by atoms with van der Waals surface area (Å²) >= 11 is 0. The minimum atomic E-state index is -1.24. The number of aliphatic carboxylic acids is 1. The van der Waals surface area contributed by atoms with E-state index >= 15 is 0 Å². The molecule has 0 spiro atoms. The predicted octanol–water partition coefficient (Wildman–Crippen LogP) is -2.40. The molecule has 3 amide bonds. The largest absolute Gasteiger partial charge is 0.480 e. The Morgan fingerprint density at radius 3 is 2.24 bits per heavy atom. The molecule has 1 aromatic heterocycles. The van der Waals surface area contributed by atoms with E-state index in [9.17, 15) is 24.3 Å². The zero-order valence-corrected chi connectivity index (χ0v) is 18.9. The number of nitrogens with two attached hydrogens (primary N) is 2. The van der Waals surface area contributed by atoms with Crippen LogP contribution in [0, 0.1) is 5.92 Å². The summed E-state index contributed by atoms with van der Waals surface area (Å²) in [5.41, 5.74) is 11.5. The Hall–Kier alpha value is -3.03. The Morgan fingerprint density at radius 2 is 1.73 bits per heavy atom. The van der Waals surface area contributed by atoms with E-state index in [0.29, 0.717) is 25.1 Å². The fraction of sp³-hybridized carbons (Fsp3) is 0.650. The average Bonchev–Trinajstić information content (AvgIpc) is 3.28. The van der Waals surface area contributed by atoms with Crippen LogP contribution in [0.15, 0.2) is 12.5 Å². The van der Waals surface area contributed by atoms with Crippen molar-refractivity contribution in [3.8, 4) is 0 Å². The first kappa shape index (κ1) is 28.0. The maximum Gasteiger partial charge on any atom is 0.326 e. The maximum atomic E-state index is 12.9. The Balaban J connectivity index is 2.91. The minimum Gasteiger partial charge on any atom is -0.480 e. The number of aliphatic hydroxyl groups is 1. The number of carboxylic acid groups (broad SMARTS) is 1. The van der Waals surface area contributed by atoms with E-state index in [1.54, 1.807) is 13.8 Å². The van der Waals surface area contributed by atoms with E-state index in [1.165, 1.54) is 12.5 Å². The van der Waals surface area contributed by atoms with E-state index in [1.807, 2.05) is 0 Å². The van der Waals surface area contributed by atoms with Crippen molar-refractivity contribution in [2.24, 2.45) is 17.4 Å². The molecule has 10 N–H and O–H groups in total. The number of carbonyl (C=O) groups excluding carboxylic acids is 3. The number of hydrogen-bond acceptors (Lipinski definition) is 8. The zero-order valence-electron chi connectivity index (χ0n) is 18.9. The molecule has 1 rings (SSSR count). The van der Waals surface area contributed by atoms with Gasteiger partial charge < -0.3 is 42.6 Å². The van der Waals surface area contributed by atoms with Crippen LogP contribution in [0.4, 0.5) is 0 Å². The number of nitrogens with one attached hydrogen (secondary N) is 4. The van der Waals surface area contributed by atoms with Crippen molar-refractivity contribution in [1.29, 1.82) is 0 Å². The van der Waals surface area contributed by atoms with Gasteiger partial charge in [-0.25, -0.2) is 9.78 Å². The number of hydrogen-bond donors (Lipinski definition) is 8. The molecule has 0 aliphatic rings. The Bertz CT molecular complexity index is 771. The molecular formula is C20H35N7O6. The summed E-state index contributed by atoms with van der Waals surface area (Å²) in [6.45, 7) is 3.20. The molecule has 4 unspecified atom stereocenters. The summed E-state index contributed by atoms with van der Waals surface area (Å²) in [6, 6.07) is -4.49. The molecule has 0 aliphatic carbocycles. The Morgan fingerprint density at radius 1 is 1.06 bits per heavy atom. The topological polar surface area (TPSA) is 226 Å². The third-order valence-electron chi connectivity index (χ3n) is 4.95. The summed E-state index contributed by atoms with van der Waals surface area (Å²) in [6.07, 6.45) is 4.23. The highest BCUT2D eigenvalue weighted by Gasteiger charge is 2.31. The molecule has 0 radical (unpaired) electrons. The summed E-state index contributed by atoms with van der Waals surface area (Å²) in [4.78, 5) is 56.1. The van der Waals surface area contributed by atoms with Gasteiger partial charge in [-0.05, 0) is 31.7 Å². The molecule has 13 nitrogen and oxygen atoms in total. The second kappa shape index (κ2) is 14.2. The van der Waals surface area contributed by atoms with Crippen LogP contribution >= 0.6 is 0 Å². The van der Waals surface area contributed by atoms with Gasteiger partial charge in [-0.2, -0.15) is 0 Å². The number of rotatable bonds is 15. The first-order valence-electron chi connectivity index (χ1n) is 10.8. The van der Waals surface area contributed by atoms with Crippen LogP contribution in [0.25, 0.3) is 0 Å². The molecule has 186 valence electrons. The Kier molecular flexibility index (Phi) is 12.0. The van der Waals surface area contributed by atoms with Crippen LogP contribution < -0.4 is 27.4 Å². The average molecular weight is 470 g/mol. The van der Waals surface area contributed by atoms with Crippen LogP contribution in [0.2, 0.25) is 0 Å². The highest BCUT2D eigenvalue weighted by Crippen LogP contribution is 2.08. The van der Waals surface area contributed by atoms with Crippen molar-refractivity contribution in [1.82, 2.24) is 25.9 Å². The summed E-state index contributed by atoms with van der Waals surface area (Å²) in [7, 11) is 0. The molecule has 0 aromatic carbocycles. The number of amides is 3. The molecule has 1 heterocycles. The number of carbonyl (C=O) groups is 4. The number of imidazole rings is 1. The second-order valence-corrected chi connectivity index (χ2v) is 8.05. The van der Waals surface area contributed by atoms with Crippen LogP contribution in [-0.4, -0.2) is 81.2 Å². The highest BCUT2D eigenvalue weighted by atomic mass is 16.4. The van der Waals surface area contributed by atoms with Gasteiger partial charge in [0.25, 0.3) is 0 Å². The lowest BCUT2D eigenvalue weighted by molar-refractivity contribution is -0.142. The molecule has 0 bridgehead atoms. The maximum absolute atomic E-state index is 12.9. The molecule has 0 saturated heterocycles. The predicted molar refractivity (Wildman–Crippen MR) is 119 cm³/mol. The molecular weight excluding hydrogens is 434 g/mol. The van der Waals surface area contributed by atoms with Gasteiger partial charge >= 0.3 is 5.97 Å². The standard InChI is InChI=1S/C20H35N7O6/c1-11(2)16(19(31)26-15(20(32)33)7-12-8-23-10-24-12)27-18(30)14(5-3-4-6-21)25-17(29)13(22)9-28/h8,10-11,13-16,28H,3-7,9,21-22H2,1-2H3,(H,23,24)(H,25,29)(H,26,31)(H,27,30)(H,32,33). The molecule has 4 atom stereocenters. The quantitative estimate of drug-likeness (QED) is 0.128. The van der Waals surface area contributed by atoms with Gasteiger partial charge in [0.2, 0.25) is 17.7 Å². The van der Waals surface area contributed by atoms with Gasteiger partial charge in [-0.15, -0.1) is 0 Å². The van der Waals surface area contributed by atoms with Gasteiger partial charge in [-0.1, -0.05) is 13.8 Å². The zero-order chi connectivity index (χ0) is 25.0. The normalized spacial score (nSPS) is 14.7. The lowest BCUT2D eigenvalue weighted by atomic mass is 10.0. The van der Waals surface area contributed by atoms with Crippen molar-refractivity contribution in [2.45, 2.75) is 63.7 Å². The van der Waals surface area contributed by atoms with E-state index in [4.69, 9.17) is 16.6 Å². The number of aromatic amines is 1. The van der Waals surface area contributed by atoms with E-state index < -0.39 is 54.5 Å². The van der Waals surface area contributed by atoms with Crippen molar-refractivity contribution in [2.75, 3.05) is 13.2 Å². The lowest BCUT2D eigenvalue weighted by Gasteiger charge is -2.27. The van der Waals surface area contributed by atoms with Crippen molar-refractivity contribution < 1.29 is 29.4 Å². The van der Waals surface area contributed by atoms with Crippen molar-refractivity contribution in [3.63, 3.8) is 0 Å². The highest BCUT2D eigenvalue weighted by molar-refractivity contribution is 5.94. The minimum absolute atomic E-state index is 0.0172. The monoisotopic (exact) mass is 469 g/mol. The summed E-state index contributed by atoms with van der Waals surface area (Å²) in [5, 5.41) is 26.1. The third-order valence-corrected chi connectivity index (χ3v) is 4.95. The first-order valence-corrected chi connectivity index (χ1v) is 10.8. The van der Waals surface area contributed by atoms with E-state index in [2.05, 4.69) is 25.9 Å². The van der Waals surface area contributed by atoms with Crippen LogP contribution in [-0.2, 0) is 25.6 Å². The number of nitrogens with zero attached hydrogens (tertiary/aromatic N) is 1. The number of unbranched alkanes of at least 4 members (excludes halogenated alkanes) is 1. The van der Waals surface area contributed by atoms with E-state index in [-0.39, 0.29) is 18.8 Å². The summed E-state index contributed by atoms with van der Waals surface area (Å²) < 4.78 is 0. The van der Waals surface area contributed by atoms with Gasteiger partial charge in [0.1, 0.15) is 24.2 Å². The second-order valence-electron chi connectivity index (χ2n) is 8.05. The molecule has 33 heavy (non-hydrogen) atoms. The van der Waals surface area contributed by atoms with Crippen LogP contribution in [0.3, 0.4) is 0 Å². The molecule has 1 aromatic rings. The Labute approximate surface area is 192 Å². The first-order chi connectivity index (χ1) is 15.6. The molecule has 0 fully saturated rings. The van der Waals surface area contributed by atoms with Gasteiger partial charge in [0.05, 0.1) is 12.9 Å². The van der Waals surface area contributed by atoms with Crippen molar-refractivity contribution in [3.05, 3.63) is 18.2 Å². The number of carboxylic acids is 1. The van der Waals surface area contributed by atoms with E-state index in [0.717, 1.165) is 0 Å². The molecule has 0 saturated carbocycles. The summed E-state index contributed by atoms with van der Waals surface area (Å²) in [5.74, 6) is -3.63. The number of aliphatic hydroxyl groups excluding tert-OH is 1. The van der Waals surface area contributed by atoms with Gasteiger partial charge in [-0.3, -0.25) is 14.4 Å². The van der Waals surface area contributed by atoms with Crippen LogP contribution in [0.5, 0.6) is 0 Å². The number of aromatic nitrogens is 2. The molecule has 13 heteroatoms. The fourth-order valence-corrected chi connectivity index (χ4v) is 2.99. The number of H-pyrrole nitrogens is 1. The van der Waals surface area contributed by atoms with Gasteiger partial charge in [0.15, 0.2) is 0 Å². The van der Waals surface area contributed by atoms with Crippen LogP contribution in [0.1, 0.15) is 38.8 Å². The van der Waals surface area contributed by atoms with Gasteiger partial charge in [0, 0.05) is 18.3 Å². The SMILES string of the molecule is CC(C)C(NC(=O)C(CCCCN)NC(=O)C(N)CO)C(=O)NC(Cc1cnc[nH]1)C(=O)O.